The van der Waals surface area contributed by atoms with Crippen LogP contribution >= 0.6 is 0 Å². The molecule has 1 N–H and O–H groups in total. The molecule has 0 spiro atoms. The van der Waals surface area contributed by atoms with Gasteiger partial charge in [-0.2, -0.15) is 0 Å². The summed E-state index contributed by atoms with van der Waals surface area (Å²) in [7, 11) is 0. The third-order valence-corrected chi connectivity index (χ3v) is 3.48. The molecule has 96 valence electrons. The second kappa shape index (κ2) is 4.58. The predicted molar refractivity (Wildman–Crippen MR) is 69.1 cm³/mol. The Bertz CT molecular complexity index is 534. The summed E-state index contributed by atoms with van der Waals surface area (Å²) in [6.45, 7) is 5.61. The number of carbonyl (C=O) groups is 1. The van der Waals surface area contributed by atoms with Crippen molar-refractivity contribution < 1.29 is 14.3 Å². The van der Waals surface area contributed by atoms with E-state index in [0.29, 0.717) is 17.8 Å². The van der Waals surface area contributed by atoms with Gasteiger partial charge in [-0.3, -0.25) is 4.79 Å². The summed E-state index contributed by atoms with van der Waals surface area (Å²) in [5, 5.41) is 10.4. The quantitative estimate of drug-likeness (QED) is 0.831. The fourth-order valence-electron chi connectivity index (χ4n) is 2.33. The van der Waals surface area contributed by atoms with Gasteiger partial charge in [0.1, 0.15) is 5.76 Å². The lowest BCUT2D eigenvalue weighted by Crippen LogP contribution is -2.47. The minimum atomic E-state index is -1.53. The monoisotopic (exact) mass is 246 g/mol. The van der Waals surface area contributed by atoms with Crippen molar-refractivity contribution in [2.75, 3.05) is 0 Å². The summed E-state index contributed by atoms with van der Waals surface area (Å²) in [4.78, 5) is 12.1. The molecule has 3 nitrogen and oxygen atoms in total. The number of carbonyl (C=O) groups excluding carboxylic acids is 1. The molecule has 1 aliphatic rings. The number of furan rings is 1. The second-order valence-corrected chi connectivity index (χ2v) is 4.74. The average molecular weight is 246 g/mol. The van der Waals surface area contributed by atoms with Gasteiger partial charge in [-0.15, -0.1) is 0 Å². The molecule has 1 atom stereocenters. The van der Waals surface area contributed by atoms with Crippen LogP contribution in [-0.4, -0.2) is 10.9 Å². The summed E-state index contributed by atoms with van der Waals surface area (Å²) in [6, 6.07) is 1.71. The van der Waals surface area contributed by atoms with E-state index in [9.17, 15) is 9.90 Å². The van der Waals surface area contributed by atoms with Crippen molar-refractivity contribution in [3.63, 3.8) is 0 Å². The number of aliphatic hydroxyl groups is 1. The van der Waals surface area contributed by atoms with E-state index in [4.69, 9.17) is 4.42 Å². The maximum atomic E-state index is 12.1. The first-order valence-corrected chi connectivity index (χ1v) is 6.16. The van der Waals surface area contributed by atoms with Crippen LogP contribution in [0.3, 0.4) is 0 Å². The molecule has 1 unspecified atom stereocenters. The van der Waals surface area contributed by atoms with Crippen LogP contribution in [0.4, 0.5) is 0 Å². The van der Waals surface area contributed by atoms with Gasteiger partial charge >= 0.3 is 0 Å². The molecule has 1 aromatic rings. The molecule has 3 heteroatoms. The minimum absolute atomic E-state index is 0.223. The van der Waals surface area contributed by atoms with Crippen molar-refractivity contribution in [3.8, 4) is 0 Å². The summed E-state index contributed by atoms with van der Waals surface area (Å²) in [6.07, 6.45) is 7.02. The molecule has 0 saturated heterocycles. The SMILES string of the molecule is C/C=C/CCC1=C(C)C(O)(c2cc(C)co2)C1=O. The second-order valence-electron chi connectivity index (χ2n) is 4.74. The number of aryl methyl sites for hydroxylation is 1. The number of hydrogen-bond donors (Lipinski definition) is 1. The molecular formula is C15H18O3. The molecule has 18 heavy (non-hydrogen) atoms. The van der Waals surface area contributed by atoms with Gasteiger partial charge in [0, 0.05) is 5.57 Å². The Morgan fingerprint density at radius 2 is 2.17 bits per heavy atom. The van der Waals surface area contributed by atoms with Gasteiger partial charge in [0.2, 0.25) is 11.4 Å². The summed E-state index contributed by atoms with van der Waals surface area (Å²) >= 11 is 0. The molecule has 0 fully saturated rings. The van der Waals surface area contributed by atoms with E-state index in [1.165, 1.54) is 0 Å². The van der Waals surface area contributed by atoms with Gasteiger partial charge < -0.3 is 9.52 Å². The highest BCUT2D eigenvalue weighted by Gasteiger charge is 2.53. The summed E-state index contributed by atoms with van der Waals surface area (Å²) in [5.74, 6) is 0.108. The first kappa shape index (κ1) is 12.8. The molecule has 0 bridgehead atoms. The van der Waals surface area contributed by atoms with E-state index in [1.54, 1.807) is 19.3 Å². The van der Waals surface area contributed by atoms with E-state index in [0.717, 1.165) is 17.6 Å². The highest BCUT2D eigenvalue weighted by atomic mass is 16.4. The van der Waals surface area contributed by atoms with Crippen LogP contribution in [0.5, 0.6) is 0 Å². The molecule has 2 rings (SSSR count). The molecule has 1 aliphatic carbocycles. The Morgan fingerprint density at radius 3 is 2.67 bits per heavy atom. The highest BCUT2D eigenvalue weighted by Crippen LogP contribution is 2.45. The van der Waals surface area contributed by atoms with Crippen molar-refractivity contribution in [2.24, 2.45) is 0 Å². The van der Waals surface area contributed by atoms with Gasteiger partial charge in [-0.25, -0.2) is 0 Å². The largest absolute Gasteiger partial charge is 0.465 e. The Hall–Kier alpha value is -1.61. The van der Waals surface area contributed by atoms with Crippen LogP contribution in [-0.2, 0) is 10.4 Å². The molecule has 0 aromatic carbocycles. The molecule has 0 radical (unpaired) electrons. The van der Waals surface area contributed by atoms with E-state index in [1.807, 2.05) is 26.0 Å². The molecular weight excluding hydrogens is 228 g/mol. The Kier molecular flexibility index (Phi) is 3.26. The van der Waals surface area contributed by atoms with Crippen LogP contribution in [0.15, 0.2) is 40.0 Å². The normalized spacial score (nSPS) is 23.9. The van der Waals surface area contributed by atoms with Crippen molar-refractivity contribution in [2.45, 2.75) is 39.2 Å². The number of ketones is 1. The van der Waals surface area contributed by atoms with Crippen molar-refractivity contribution in [1.29, 1.82) is 0 Å². The zero-order valence-electron chi connectivity index (χ0n) is 11.0. The smallest absolute Gasteiger partial charge is 0.207 e. The van der Waals surface area contributed by atoms with Crippen LogP contribution in [0.25, 0.3) is 0 Å². The van der Waals surface area contributed by atoms with Gasteiger partial charge in [-0.05, 0) is 50.8 Å². The lowest BCUT2D eigenvalue weighted by Gasteiger charge is -2.37. The summed E-state index contributed by atoms with van der Waals surface area (Å²) < 4.78 is 5.27. The first-order valence-electron chi connectivity index (χ1n) is 6.16. The highest BCUT2D eigenvalue weighted by molar-refractivity contribution is 6.12. The fraction of sp³-hybridized carbons (Fsp3) is 0.400. The maximum Gasteiger partial charge on any atom is 0.207 e. The lowest BCUT2D eigenvalue weighted by molar-refractivity contribution is -0.136. The first-order chi connectivity index (χ1) is 8.51. The molecule has 0 amide bonds. The van der Waals surface area contributed by atoms with Crippen LogP contribution in [0, 0.1) is 6.92 Å². The van der Waals surface area contributed by atoms with Crippen molar-refractivity contribution >= 4 is 5.78 Å². The zero-order valence-corrected chi connectivity index (χ0v) is 11.0. The van der Waals surface area contributed by atoms with Crippen molar-refractivity contribution in [1.82, 2.24) is 0 Å². The van der Waals surface area contributed by atoms with E-state index >= 15 is 0 Å². The average Bonchev–Trinajstić information content (AvgIpc) is 2.80. The Morgan fingerprint density at radius 1 is 1.44 bits per heavy atom. The number of Topliss-reactive ketones (excluding diaryl/α,β-unsaturated/α-hetero) is 1. The van der Waals surface area contributed by atoms with Crippen molar-refractivity contribution in [3.05, 3.63) is 47.0 Å². The fourth-order valence-corrected chi connectivity index (χ4v) is 2.33. The molecule has 1 heterocycles. The zero-order chi connectivity index (χ0) is 13.3. The van der Waals surface area contributed by atoms with Gasteiger partial charge in [0.15, 0.2) is 0 Å². The Balaban J connectivity index is 2.25. The van der Waals surface area contributed by atoms with Crippen LogP contribution in [0.2, 0.25) is 0 Å². The van der Waals surface area contributed by atoms with E-state index in [-0.39, 0.29) is 5.78 Å². The third kappa shape index (κ3) is 1.75. The van der Waals surface area contributed by atoms with E-state index < -0.39 is 5.60 Å². The molecule has 1 aromatic heterocycles. The molecule has 0 aliphatic heterocycles. The number of hydrogen-bond acceptors (Lipinski definition) is 3. The maximum absolute atomic E-state index is 12.1. The minimum Gasteiger partial charge on any atom is -0.465 e. The van der Waals surface area contributed by atoms with Crippen LogP contribution in [0.1, 0.15) is 38.0 Å². The number of allylic oxidation sites excluding steroid dienone is 2. The lowest BCUT2D eigenvalue weighted by atomic mass is 9.69. The third-order valence-electron chi connectivity index (χ3n) is 3.48. The molecule has 0 saturated carbocycles. The van der Waals surface area contributed by atoms with Gasteiger partial charge in [0.05, 0.1) is 6.26 Å². The van der Waals surface area contributed by atoms with Crippen LogP contribution < -0.4 is 0 Å². The number of rotatable bonds is 4. The van der Waals surface area contributed by atoms with Gasteiger partial charge in [-0.1, -0.05) is 12.2 Å². The van der Waals surface area contributed by atoms with E-state index in [2.05, 4.69) is 0 Å². The standard InChI is InChI=1S/C15H18O3/c1-4-5-6-7-12-11(3)15(17,14(12)16)13-8-10(2)9-18-13/h4-5,8-9,17H,6-7H2,1-3H3/b5-4+. The Labute approximate surface area is 107 Å². The summed E-state index contributed by atoms with van der Waals surface area (Å²) in [5.41, 5.74) is 0.817. The van der Waals surface area contributed by atoms with Gasteiger partial charge in [0.25, 0.3) is 0 Å². The predicted octanol–water partition coefficient (Wildman–Crippen LogP) is 3.03. The topological polar surface area (TPSA) is 50.4 Å².